The molecule has 3 N–H and O–H groups in total. The standard InChI is InChI=1S/C19H22F2N4O3/c1-11(25(18(27)28)19(2,3)4)17(26)23-13-9-8-12(20)10-14(13)22-16-7-5-6-15(21)24-16/h5-11H,1-4H3,(H,22,24)(H,23,26)(H,27,28). The van der Waals surface area contributed by atoms with Crippen LogP contribution in [0.2, 0.25) is 0 Å². The van der Waals surface area contributed by atoms with Crippen LogP contribution < -0.4 is 10.6 Å². The van der Waals surface area contributed by atoms with Crippen LogP contribution in [0.15, 0.2) is 36.4 Å². The zero-order valence-corrected chi connectivity index (χ0v) is 16.0. The summed E-state index contributed by atoms with van der Waals surface area (Å²) in [6.07, 6.45) is -1.24. The molecule has 0 saturated carbocycles. The Morgan fingerprint density at radius 2 is 1.82 bits per heavy atom. The number of rotatable bonds is 5. The lowest BCUT2D eigenvalue weighted by molar-refractivity contribution is -0.121. The van der Waals surface area contributed by atoms with Gasteiger partial charge in [-0.3, -0.25) is 9.69 Å². The van der Waals surface area contributed by atoms with Gasteiger partial charge in [-0.2, -0.15) is 4.39 Å². The summed E-state index contributed by atoms with van der Waals surface area (Å²) in [5.74, 6) is -1.77. The lowest BCUT2D eigenvalue weighted by Gasteiger charge is -2.37. The maximum absolute atomic E-state index is 13.7. The van der Waals surface area contributed by atoms with Crippen LogP contribution in [0.4, 0.5) is 30.8 Å². The first kappa shape index (κ1) is 21.1. The fraction of sp³-hybridized carbons (Fsp3) is 0.316. The van der Waals surface area contributed by atoms with Crippen molar-refractivity contribution in [3.05, 3.63) is 48.2 Å². The lowest BCUT2D eigenvalue weighted by atomic mass is 10.0. The van der Waals surface area contributed by atoms with Crippen LogP contribution >= 0.6 is 0 Å². The van der Waals surface area contributed by atoms with E-state index in [2.05, 4.69) is 15.6 Å². The molecule has 150 valence electrons. The van der Waals surface area contributed by atoms with Gasteiger partial charge in [-0.1, -0.05) is 6.07 Å². The monoisotopic (exact) mass is 392 g/mol. The summed E-state index contributed by atoms with van der Waals surface area (Å²) in [6.45, 7) is 6.47. The molecular weight excluding hydrogens is 370 g/mol. The smallest absolute Gasteiger partial charge is 0.408 e. The summed E-state index contributed by atoms with van der Waals surface area (Å²) in [5.41, 5.74) is -0.461. The van der Waals surface area contributed by atoms with Gasteiger partial charge in [0.05, 0.1) is 11.4 Å². The topological polar surface area (TPSA) is 94.6 Å². The third-order valence-electron chi connectivity index (χ3n) is 3.91. The van der Waals surface area contributed by atoms with Gasteiger partial charge in [0.15, 0.2) is 0 Å². The molecule has 0 fully saturated rings. The third kappa shape index (κ3) is 5.15. The molecule has 7 nitrogen and oxygen atoms in total. The van der Waals surface area contributed by atoms with Crippen molar-refractivity contribution >= 4 is 29.2 Å². The van der Waals surface area contributed by atoms with E-state index >= 15 is 0 Å². The van der Waals surface area contributed by atoms with Gasteiger partial charge in [0.2, 0.25) is 11.9 Å². The summed E-state index contributed by atoms with van der Waals surface area (Å²) < 4.78 is 27.0. The number of hydrogen-bond acceptors (Lipinski definition) is 4. The summed E-state index contributed by atoms with van der Waals surface area (Å²) in [6, 6.07) is 6.64. The number of carbonyl (C=O) groups excluding carboxylic acids is 1. The molecule has 1 heterocycles. The molecule has 0 aliphatic rings. The molecular formula is C19H22F2N4O3. The van der Waals surface area contributed by atoms with Crippen molar-refractivity contribution in [2.75, 3.05) is 10.6 Å². The van der Waals surface area contributed by atoms with E-state index in [1.54, 1.807) is 20.8 Å². The number of benzene rings is 1. The number of pyridine rings is 1. The van der Waals surface area contributed by atoms with E-state index in [0.29, 0.717) is 0 Å². The molecule has 1 unspecified atom stereocenters. The Morgan fingerprint density at radius 3 is 2.39 bits per heavy atom. The molecule has 1 aromatic heterocycles. The van der Waals surface area contributed by atoms with Crippen LogP contribution in [0.1, 0.15) is 27.7 Å². The number of nitrogens with one attached hydrogen (secondary N) is 2. The second kappa shape index (κ2) is 8.20. The first-order valence-corrected chi connectivity index (χ1v) is 8.51. The maximum Gasteiger partial charge on any atom is 0.408 e. The van der Waals surface area contributed by atoms with Crippen molar-refractivity contribution in [3.63, 3.8) is 0 Å². The number of nitrogens with zero attached hydrogens (tertiary/aromatic N) is 2. The summed E-state index contributed by atoms with van der Waals surface area (Å²) in [4.78, 5) is 28.9. The highest BCUT2D eigenvalue weighted by Crippen LogP contribution is 2.27. The SMILES string of the molecule is CC(C(=O)Nc1ccc(F)cc1Nc1cccc(F)n1)N(C(=O)O)C(C)(C)C. The van der Waals surface area contributed by atoms with Crippen LogP contribution in [0.3, 0.4) is 0 Å². The fourth-order valence-electron chi connectivity index (χ4n) is 2.73. The maximum atomic E-state index is 13.7. The molecule has 0 bridgehead atoms. The molecule has 2 aromatic rings. The quantitative estimate of drug-likeness (QED) is 0.663. The Morgan fingerprint density at radius 1 is 1.14 bits per heavy atom. The number of amides is 2. The van der Waals surface area contributed by atoms with Gasteiger partial charge in [0.25, 0.3) is 0 Å². The fourth-order valence-corrected chi connectivity index (χ4v) is 2.73. The Hall–Kier alpha value is -3.23. The van der Waals surface area contributed by atoms with Crippen molar-refractivity contribution in [1.29, 1.82) is 0 Å². The van der Waals surface area contributed by atoms with Crippen LogP contribution in [-0.4, -0.2) is 38.6 Å². The molecule has 0 aliphatic carbocycles. The summed E-state index contributed by atoms with van der Waals surface area (Å²) in [5, 5.41) is 14.8. The molecule has 2 rings (SSSR count). The Balaban J connectivity index is 2.28. The zero-order chi connectivity index (χ0) is 21.1. The van der Waals surface area contributed by atoms with E-state index < -0.39 is 35.3 Å². The first-order chi connectivity index (χ1) is 13.0. The van der Waals surface area contributed by atoms with Crippen molar-refractivity contribution < 1.29 is 23.5 Å². The number of hydrogen-bond donors (Lipinski definition) is 3. The Kier molecular flexibility index (Phi) is 6.17. The van der Waals surface area contributed by atoms with Crippen LogP contribution in [-0.2, 0) is 4.79 Å². The normalized spacial score (nSPS) is 12.2. The van der Waals surface area contributed by atoms with E-state index in [0.717, 1.165) is 23.1 Å². The summed E-state index contributed by atoms with van der Waals surface area (Å²) in [7, 11) is 0. The van der Waals surface area contributed by atoms with Gasteiger partial charge in [-0.15, -0.1) is 0 Å². The highest BCUT2D eigenvalue weighted by molar-refractivity contribution is 5.99. The van der Waals surface area contributed by atoms with E-state index in [1.165, 1.54) is 25.1 Å². The molecule has 0 aliphatic heterocycles. The van der Waals surface area contributed by atoms with E-state index in [1.807, 2.05) is 0 Å². The largest absolute Gasteiger partial charge is 0.465 e. The van der Waals surface area contributed by atoms with Crippen molar-refractivity contribution in [2.45, 2.75) is 39.3 Å². The van der Waals surface area contributed by atoms with E-state index in [-0.39, 0.29) is 17.2 Å². The number of aromatic nitrogens is 1. The summed E-state index contributed by atoms with van der Waals surface area (Å²) >= 11 is 0. The molecule has 2 amide bonds. The highest BCUT2D eigenvalue weighted by Gasteiger charge is 2.34. The average molecular weight is 392 g/mol. The second-order valence-electron chi connectivity index (χ2n) is 7.15. The number of carbonyl (C=O) groups is 2. The average Bonchev–Trinajstić information content (AvgIpc) is 2.55. The van der Waals surface area contributed by atoms with E-state index in [9.17, 15) is 23.5 Å². The second-order valence-corrected chi connectivity index (χ2v) is 7.15. The minimum absolute atomic E-state index is 0.121. The van der Waals surface area contributed by atoms with Crippen LogP contribution in [0.5, 0.6) is 0 Å². The molecule has 0 saturated heterocycles. The lowest BCUT2D eigenvalue weighted by Crippen LogP contribution is -2.54. The zero-order valence-electron chi connectivity index (χ0n) is 16.0. The molecule has 9 heteroatoms. The van der Waals surface area contributed by atoms with Crippen molar-refractivity contribution in [1.82, 2.24) is 9.88 Å². The number of halogens is 2. The third-order valence-corrected chi connectivity index (χ3v) is 3.91. The van der Waals surface area contributed by atoms with Crippen molar-refractivity contribution in [2.24, 2.45) is 0 Å². The van der Waals surface area contributed by atoms with Gasteiger partial charge in [-0.05, 0) is 58.0 Å². The van der Waals surface area contributed by atoms with Crippen LogP contribution in [0, 0.1) is 11.8 Å². The highest BCUT2D eigenvalue weighted by atomic mass is 19.1. The van der Waals surface area contributed by atoms with Gasteiger partial charge in [0, 0.05) is 5.54 Å². The number of anilines is 3. The Bertz CT molecular complexity index is 884. The predicted molar refractivity (Wildman–Crippen MR) is 102 cm³/mol. The van der Waals surface area contributed by atoms with Gasteiger partial charge in [-0.25, -0.2) is 14.2 Å². The Labute approximate surface area is 161 Å². The molecule has 28 heavy (non-hydrogen) atoms. The molecule has 0 radical (unpaired) electrons. The first-order valence-electron chi connectivity index (χ1n) is 8.51. The van der Waals surface area contributed by atoms with Crippen LogP contribution in [0.25, 0.3) is 0 Å². The molecule has 0 spiro atoms. The van der Waals surface area contributed by atoms with Gasteiger partial charge in [0.1, 0.15) is 17.7 Å². The van der Waals surface area contributed by atoms with Gasteiger partial charge >= 0.3 is 6.09 Å². The van der Waals surface area contributed by atoms with Crippen molar-refractivity contribution in [3.8, 4) is 0 Å². The predicted octanol–water partition coefficient (Wildman–Crippen LogP) is 4.21. The minimum atomic E-state index is -1.24. The molecule has 1 atom stereocenters. The van der Waals surface area contributed by atoms with E-state index in [4.69, 9.17) is 0 Å². The number of carboxylic acid groups (broad SMARTS) is 1. The molecule has 1 aromatic carbocycles. The minimum Gasteiger partial charge on any atom is -0.465 e. The van der Waals surface area contributed by atoms with Gasteiger partial charge < -0.3 is 15.7 Å².